The van der Waals surface area contributed by atoms with Crippen molar-refractivity contribution >= 4 is 15.9 Å². The van der Waals surface area contributed by atoms with Crippen molar-refractivity contribution in [1.82, 2.24) is 9.21 Å². The third kappa shape index (κ3) is 4.43. The summed E-state index contributed by atoms with van der Waals surface area (Å²) in [6, 6.07) is 5.80. The summed E-state index contributed by atoms with van der Waals surface area (Å²) in [4.78, 5) is 16.8. The van der Waals surface area contributed by atoms with Crippen LogP contribution in [-0.2, 0) is 14.8 Å². The van der Waals surface area contributed by atoms with Gasteiger partial charge >= 0.3 is 0 Å². The number of carbonyl (C=O) groups is 1. The van der Waals surface area contributed by atoms with Crippen molar-refractivity contribution in [3.8, 4) is 0 Å². The van der Waals surface area contributed by atoms with Crippen molar-refractivity contribution < 1.29 is 18.1 Å². The van der Waals surface area contributed by atoms with Gasteiger partial charge < -0.3 is 9.80 Å². The fourth-order valence-electron chi connectivity index (χ4n) is 5.49. The van der Waals surface area contributed by atoms with Gasteiger partial charge in [-0.2, -0.15) is 4.31 Å². The first-order valence-corrected chi connectivity index (χ1v) is 13.0. The van der Waals surface area contributed by atoms with E-state index in [2.05, 4.69) is 4.90 Å². The van der Waals surface area contributed by atoms with Crippen LogP contribution >= 0.6 is 0 Å². The summed E-state index contributed by atoms with van der Waals surface area (Å²) in [5.74, 6) is 0.971. The third-order valence-electron chi connectivity index (χ3n) is 7.51. The van der Waals surface area contributed by atoms with Crippen LogP contribution < -0.4 is 4.90 Å². The monoisotopic (exact) mass is 434 g/mol. The van der Waals surface area contributed by atoms with Gasteiger partial charge in [-0.3, -0.25) is 4.79 Å². The average molecular weight is 435 g/mol. The van der Waals surface area contributed by atoms with Gasteiger partial charge in [0.2, 0.25) is 10.0 Å². The zero-order chi connectivity index (χ0) is 21.3. The second kappa shape index (κ2) is 8.97. The molecule has 1 N–H and O–H groups in total. The number of benzene rings is 1. The number of aryl methyl sites for hydroxylation is 2. The summed E-state index contributed by atoms with van der Waals surface area (Å²) >= 11 is 0. The summed E-state index contributed by atoms with van der Waals surface area (Å²) in [5, 5.41) is 0. The molecular formula is C23H36N3O3S+. The van der Waals surface area contributed by atoms with Crippen LogP contribution in [0.15, 0.2) is 23.1 Å². The highest BCUT2D eigenvalue weighted by Crippen LogP contribution is 2.35. The SMILES string of the molecule is Cc1ccc(S(=O)(=O)N2CC[NH+](CC(=O)N3CCC[C@@H]4CCCC[C@H]43)CC2)cc1C. The molecule has 0 radical (unpaired) electrons. The number of nitrogens with zero attached hydrogens (tertiary/aromatic N) is 2. The van der Waals surface area contributed by atoms with Crippen LogP contribution in [0.25, 0.3) is 0 Å². The Labute approximate surface area is 181 Å². The van der Waals surface area contributed by atoms with Crippen LogP contribution in [0.1, 0.15) is 49.7 Å². The Morgan fingerprint density at radius 1 is 1.00 bits per heavy atom. The Bertz CT molecular complexity index is 876. The van der Waals surface area contributed by atoms with E-state index in [9.17, 15) is 13.2 Å². The molecule has 6 nitrogen and oxygen atoms in total. The average Bonchev–Trinajstić information content (AvgIpc) is 2.75. The summed E-state index contributed by atoms with van der Waals surface area (Å²) in [6.45, 7) is 7.67. The Hall–Kier alpha value is -1.44. The first-order valence-electron chi connectivity index (χ1n) is 11.6. The molecule has 2 aliphatic heterocycles. The molecule has 0 aromatic heterocycles. The van der Waals surface area contributed by atoms with E-state index < -0.39 is 10.0 Å². The molecule has 1 aromatic rings. The molecule has 4 rings (SSSR count). The van der Waals surface area contributed by atoms with Crippen molar-refractivity contribution in [2.24, 2.45) is 5.92 Å². The zero-order valence-electron chi connectivity index (χ0n) is 18.4. The van der Waals surface area contributed by atoms with Crippen LogP contribution in [0.3, 0.4) is 0 Å². The summed E-state index contributed by atoms with van der Waals surface area (Å²) < 4.78 is 27.6. The lowest BCUT2D eigenvalue weighted by atomic mass is 9.78. The van der Waals surface area contributed by atoms with Crippen molar-refractivity contribution in [3.63, 3.8) is 0 Å². The number of piperidine rings is 1. The van der Waals surface area contributed by atoms with E-state index >= 15 is 0 Å². The summed E-state index contributed by atoms with van der Waals surface area (Å²) in [7, 11) is -3.46. The number of amides is 1. The van der Waals surface area contributed by atoms with Gasteiger partial charge in [-0.1, -0.05) is 18.9 Å². The van der Waals surface area contributed by atoms with E-state index in [1.165, 1.54) is 30.6 Å². The van der Waals surface area contributed by atoms with Gasteiger partial charge in [-0.25, -0.2) is 8.42 Å². The van der Waals surface area contributed by atoms with Gasteiger partial charge in [0, 0.05) is 12.6 Å². The molecule has 2 atom stereocenters. The molecule has 30 heavy (non-hydrogen) atoms. The molecule has 1 aromatic carbocycles. The first-order chi connectivity index (χ1) is 14.4. The standard InChI is InChI=1S/C23H35N3O3S/c1-18-9-10-21(16-19(18)2)30(28,29)25-14-12-24(13-15-25)17-23(27)26-11-5-7-20-6-3-4-8-22(20)26/h9-10,16,20,22H,3-8,11-15,17H2,1-2H3/p+1/t20-,22+/m0/s1. The number of likely N-dealkylation sites (tertiary alicyclic amines) is 1. The molecule has 1 amide bonds. The van der Waals surface area contributed by atoms with Gasteiger partial charge in [0.1, 0.15) is 0 Å². The van der Waals surface area contributed by atoms with Crippen molar-refractivity contribution in [2.75, 3.05) is 39.3 Å². The van der Waals surface area contributed by atoms with Crippen LogP contribution in [-0.4, -0.2) is 68.8 Å². The predicted molar refractivity (Wildman–Crippen MR) is 117 cm³/mol. The Balaban J connectivity index is 1.34. The predicted octanol–water partition coefficient (Wildman–Crippen LogP) is 1.37. The van der Waals surface area contributed by atoms with Crippen LogP contribution in [0.5, 0.6) is 0 Å². The largest absolute Gasteiger partial charge is 0.335 e. The third-order valence-corrected chi connectivity index (χ3v) is 9.41. The number of rotatable bonds is 4. The lowest BCUT2D eigenvalue weighted by Gasteiger charge is -2.44. The van der Waals surface area contributed by atoms with Gasteiger partial charge in [0.15, 0.2) is 6.54 Å². The number of hydrogen-bond donors (Lipinski definition) is 1. The number of hydrogen-bond acceptors (Lipinski definition) is 3. The molecule has 0 spiro atoms. The molecule has 166 valence electrons. The molecule has 3 aliphatic rings. The topological polar surface area (TPSA) is 62.1 Å². The highest BCUT2D eigenvalue weighted by molar-refractivity contribution is 7.89. The van der Waals surface area contributed by atoms with E-state index in [4.69, 9.17) is 0 Å². The maximum absolute atomic E-state index is 13.1. The lowest BCUT2D eigenvalue weighted by molar-refractivity contribution is -0.896. The number of fused-ring (bicyclic) bond motifs is 1. The molecule has 7 heteroatoms. The molecular weight excluding hydrogens is 398 g/mol. The second-order valence-corrected chi connectivity index (χ2v) is 11.4. The summed E-state index contributed by atoms with van der Waals surface area (Å²) in [5.41, 5.74) is 2.09. The van der Waals surface area contributed by atoms with E-state index in [-0.39, 0.29) is 5.91 Å². The number of sulfonamides is 1. The number of nitrogens with one attached hydrogen (secondary N) is 1. The highest BCUT2D eigenvalue weighted by atomic mass is 32.2. The maximum Gasteiger partial charge on any atom is 0.278 e. The van der Waals surface area contributed by atoms with Crippen molar-refractivity contribution in [1.29, 1.82) is 0 Å². The van der Waals surface area contributed by atoms with Gasteiger partial charge in [0.25, 0.3) is 5.91 Å². The van der Waals surface area contributed by atoms with E-state index in [0.717, 1.165) is 30.5 Å². The van der Waals surface area contributed by atoms with Crippen molar-refractivity contribution in [3.05, 3.63) is 29.3 Å². The van der Waals surface area contributed by atoms with Gasteiger partial charge in [-0.15, -0.1) is 0 Å². The normalized spacial score (nSPS) is 26.4. The Morgan fingerprint density at radius 3 is 2.43 bits per heavy atom. The molecule has 0 bridgehead atoms. The van der Waals surface area contributed by atoms with Gasteiger partial charge in [-0.05, 0) is 68.7 Å². The number of piperazine rings is 1. The van der Waals surface area contributed by atoms with E-state index in [0.29, 0.717) is 49.6 Å². The van der Waals surface area contributed by atoms with E-state index in [1.54, 1.807) is 16.4 Å². The van der Waals surface area contributed by atoms with Crippen molar-refractivity contribution in [2.45, 2.75) is 63.3 Å². The fraction of sp³-hybridized carbons (Fsp3) is 0.696. The fourth-order valence-corrected chi connectivity index (χ4v) is 7.02. The van der Waals surface area contributed by atoms with E-state index in [1.807, 2.05) is 19.9 Å². The highest BCUT2D eigenvalue weighted by Gasteiger charge is 2.38. The molecule has 1 aliphatic carbocycles. The Kier molecular flexibility index (Phi) is 6.51. The molecule has 1 saturated carbocycles. The minimum absolute atomic E-state index is 0.270. The maximum atomic E-state index is 13.1. The minimum atomic E-state index is -3.46. The van der Waals surface area contributed by atoms with Crippen LogP contribution in [0.4, 0.5) is 0 Å². The Morgan fingerprint density at radius 2 is 1.70 bits per heavy atom. The lowest BCUT2D eigenvalue weighted by Crippen LogP contribution is -3.15. The second-order valence-electron chi connectivity index (χ2n) is 9.42. The zero-order valence-corrected chi connectivity index (χ0v) is 19.2. The minimum Gasteiger partial charge on any atom is -0.335 e. The number of quaternary nitrogens is 1. The van der Waals surface area contributed by atoms with Crippen LogP contribution in [0.2, 0.25) is 0 Å². The van der Waals surface area contributed by atoms with Crippen LogP contribution in [0, 0.1) is 19.8 Å². The molecule has 3 fully saturated rings. The molecule has 2 saturated heterocycles. The number of carbonyl (C=O) groups excluding carboxylic acids is 1. The smallest absolute Gasteiger partial charge is 0.278 e. The van der Waals surface area contributed by atoms with Gasteiger partial charge in [0.05, 0.1) is 31.1 Å². The molecule has 2 heterocycles. The quantitative estimate of drug-likeness (QED) is 0.779. The summed E-state index contributed by atoms with van der Waals surface area (Å²) in [6.07, 6.45) is 7.39. The first kappa shape index (κ1) is 21.8. The molecule has 0 unspecified atom stereocenters.